The van der Waals surface area contributed by atoms with E-state index in [9.17, 15) is 0 Å². The summed E-state index contributed by atoms with van der Waals surface area (Å²) in [7, 11) is 0. The largest absolute Gasteiger partial charge is 0.0616 e. The van der Waals surface area contributed by atoms with E-state index in [1.165, 1.54) is 88.3 Å². The molecule has 0 saturated heterocycles. The van der Waals surface area contributed by atoms with Crippen LogP contribution in [0.15, 0.2) is 170 Å². The summed E-state index contributed by atoms with van der Waals surface area (Å²) in [5.41, 5.74) is 15.4. The molecule has 0 heteroatoms. The molecule has 0 aliphatic heterocycles. The van der Waals surface area contributed by atoms with Crippen molar-refractivity contribution in [2.45, 2.75) is 19.3 Å². The van der Waals surface area contributed by atoms with Gasteiger partial charge in [0.2, 0.25) is 0 Å². The van der Waals surface area contributed by atoms with Gasteiger partial charge in [0.1, 0.15) is 0 Å². The zero-order chi connectivity index (χ0) is 31.5. The molecule has 0 fully saturated rings. The second-order valence-electron chi connectivity index (χ2n) is 13.4. The molecule has 222 valence electrons. The van der Waals surface area contributed by atoms with Crippen molar-refractivity contribution in [2.24, 2.45) is 0 Å². The van der Waals surface area contributed by atoms with Crippen molar-refractivity contribution < 1.29 is 0 Å². The predicted molar refractivity (Wildman–Crippen MR) is 201 cm³/mol. The number of fused-ring (bicyclic) bond motifs is 5. The van der Waals surface area contributed by atoms with Gasteiger partial charge in [-0.1, -0.05) is 147 Å². The predicted octanol–water partition coefficient (Wildman–Crippen LogP) is 13.0. The molecular weight excluding hydrogens is 565 g/mol. The Bertz CT molecular complexity index is 2320. The lowest BCUT2D eigenvalue weighted by Crippen LogP contribution is -2.15. The Morgan fingerprint density at radius 2 is 0.617 bits per heavy atom. The van der Waals surface area contributed by atoms with Gasteiger partial charge in [-0.05, 0) is 125 Å². The topological polar surface area (TPSA) is 0 Å². The maximum atomic E-state index is 2.43. The molecule has 0 nitrogen and oxygen atoms in total. The standard InChI is InChI=1S/C47H34/c1-47(2)45-29-41(37-15-7-13-35(27-37)39-19-17-31-9-3-5-11-33(31)25-39)21-23-43(45)44-24-22-42(30-46(44)47)38-16-8-14-36(28-38)40-20-18-32-10-4-6-12-34(32)26-40/h3-30H,1-2H3. The Balaban J connectivity index is 1.05. The molecule has 1 aliphatic carbocycles. The third-order valence-corrected chi connectivity index (χ3v) is 10.2. The van der Waals surface area contributed by atoms with Crippen molar-refractivity contribution in [3.63, 3.8) is 0 Å². The van der Waals surface area contributed by atoms with Gasteiger partial charge < -0.3 is 0 Å². The van der Waals surface area contributed by atoms with Crippen LogP contribution >= 0.6 is 0 Å². The summed E-state index contributed by atoms with van der Waals surface area (Å²) in [6, 6.07) is 62.7. The highest BCUT2D eigenvalue weighted by atomic mass is 14.4. The van der Waals surface area contributed by atoms with Crippen LogP contribution in [0.4, 0.5) is 0 Å². The van der Waals surface area contributed by atoms with Crippen molar-refractivity contribution in [2.75, 3.05) is 0 Å². The summed E-state index contributed by atoms with van der Waals surface area (Å²) in [5.74, 6) is 0. The molecule has 0 aromatic heterocycles. The van der Waals surface area contributed by atoms with Gasteiger partial charge in [-0.2, -0.15) is 0 Å². The van der Waals surface area contributed by atoms with Gasteiger partial charge in [-0.15, -0.1) is 0 Å². The van der Waals surface area contributed by atoms with E-state index >= 15 is 0 Å². The van der Waals surface area contributed by atoms with Crippen LogP contribution in [-0.2, 0) is 5.41 Å². The van der Waals surface area contributed by atoms with Gasteiger partial charge in [0.05, 0.1) is 0 Å². The van der Waals surface area contributed by atoms with Crippen molar-refractivity contribution in [1.82, 2.24) is 0 Å². The van der Waals surface area contributed by atoms with Crippen LogP contribution in [0, 0.1) is 0 Å². The minimum absolute atomic E-state index is 0.109. The lowest BCUT2D eigenvalue weighted by molar-refractivity contribution is 0.661. The first-order valence-corrected chi connectivity index (χ1v) is 16.5. The van der Waals surface area contributed by atoms with E-state index in [4.69, 9.17) is 0 Å². The highest BCUT2D eigenvalue weighted by Gasteiger charge is 2.35. The lowest BCUT2D eigenvalue weighted by atomic mass is 9.80. The summed E-state index contributed by atoms with van der Waals surface area (Å²) in [6.45, 7) is 4.75. The third-order valence-electron chi connectivity index (χ3n) is 10.2. The van der Waals surface area contributed by atoms with Crippen LogP contribution in [0.5, 0.6) is 0 Å². The Labute approximate surface area is 276 Å². The Morgan fingerprint density at radius 3 is 1.04 bits per heavy atom. The molecule has 0 amide bonds. The van der Waals surface area contributed by atoms with Crippen molar-refractivity contribution in [3.8, 4) is 55.6 Å². The highest BCUT2D eigenvalue weighted by Crippen LogP contribution is 2.51. The van der Waals surface area contributed by atoms with Crippen LogP contribution < -0.4 is 0 Å². The van der Waals surface area contributed by atoms with Gasteiger partial charge in [0.15, 0.2) is 0 Å². The summed E-state index contributed by atoms with van der Waals surface area (Å²) >= 11 is 0. The smallest absolute Gasteiger partial charge is 0.0159 e. The van der Waals surface area contributed by atoms with Gasteiger partial charge in [-0.3, -0.25) is 0 Å². The van der Waals surface area contributed by atoms with Gasteiger partial charge in [0, 0.05) is 5.41 Å². The first-order valence-electron chi connectivity index (χ1n) is 16.5. The fourth-order valence-corrected chi connectivity index (χ4v) is 7.59. The molecule has 0 saturated carbocycles. The van der Waals surface area contributed by atoms with Crippen LogP contribution in [0.25, 0.3) is 77.2 Å². The molecule has 1 aliphatic rings. The highest BCUT2D eigenvalue weighted by molar-refractivity contribution is 5.90. The Morgan fingerprint density at radius 1 is 0.277 bits per heavy atom. The maximum Gasteiger partial charge on any atom is 0.0159 e. The van der Waals surface area contributed by atoms with Crippen molar-refractivity contribution >= 4 is 21.5 Å². The number of hydrogen-bond donors (Lipinski definition) is 0. The molecule has 8 aromatic carbocycles. The normalized spacial score (nSPS) is 13.1. The number of rotatable bonds is 4. The van der Waals surface area contributed by atoms with E-state index in [1.54, 1.807) is 0 Å². The SMILES string of the molecule is CC1(C)c2cc(-c3cccc(-c4ccc5ccccc5c4)c3)ccc2-c2ccc(-c3cccc(-c4ccc5ccccc5c4)c3)cc21. The minimum atomic E-state index is -0.109. The molecule has 8 aromatic rings. The van der Waals surface area contributed by atoms with Gasteiger partial charge in [0.25, 0.3) is 0 Å². The van der Waals surface area contributed by atoms with E-state index in [0.717, 1.165) is 0 Å². The monoisotopic (exact) mass is 598 g/mol. The molecule has 0 heterocycles. The van der Waals surface area contributed by atoms with Gasteiger partial charge in [-0.25, -0.2) is 0 Å². The van der Waals surface area contributed by atoms with Gasteiger partial charge >= 0.3 is 0 Å². The molecule has 47 heavy (non-hydrogen) atoms. The molecule has 0 N–H and O–H groups in total. The molecule has 0 bridgehead atoms. The second kappa shape index (κ2) is 10.7. The Hall–Kier alpha value is -5.72. The minimum Gasteiger partial charge on any atom is -0.0616 e. The molecule has 9 rings (SSSR count). The molecule has 0 atom stereocenters. The van der Waals surface area contributed by atoms with Crippen molar-refractivity contribution in [1.29, 1.82) is 0 Å². The summed E-state index contributed by atoms with van der Waals surface area (Å²) in [6.07, 6.45) is 0. The summed E-state index contributed by atoms with van der Waals surface area (Å²) in [4.78, 5) is 0. The summed E-state index contributed by atoms with van der Waals surface area (Å²) in [5, 5.41) is 5.08. The van der Waals surface area contributed by atoms with Crippen LogP contribution in [0.2, 0.25) is 0 Å². The van der Waals surface area contributed by atoms with E-state index in [0.29, 0.717) is 0 Å². The van der Waals surface area contributed by atoms with E-state index in [-0.39, 0.29) is 5.41 Å². The van der Waals surface area contributed by atoms with E-state index < -0.39 is 0 Å². The fraction of sp³-hybridized carbons (Fsp3) is 0.0638. The first-order chi connectivity index (χ1) is 23.0. The molecule has 0 unspecified atom stereocenters. The zero-order valence-electron chi connectivity index (χ0n) is 26.7. The van der Waals surface area contributed by atoms with E-state index in [2.05, 4.69) is 184 Å². The molecule has 0 spiro atoms. The third kappa shape index (κ3) is 4.68. The second-order valence-corrected chi connectivity index (χ2v) is 13.4. The van der Waals surface area contributed by atoms with Crippen LogP contribution in [-0.4, -0.2) is 0 Å². The first kappa shape index (κ1) is 27.6. The van der Waals surface area contributed by atoms with Crippen LogP contribution in [0.3, 0.4) is 0 Å². The Kier molecular flexibility index (Phi) is 6.27. The maximum absolute atomic E-state index is 2.43. The average molecular weight is 599 g/mol. The number of hydrogen-bond acceptors (Lipinski definition) is 0. The van der Waals surface area contributed by atoms with E-state index in [1.807, 2.05) is 0 Å². The van der Waals surface area contributed by atoms with Crippen molar-refractivity contribution in [3.05, 3.63) is 181 Å². The van der Waals surface area contributed by atoms with Crippen LogP contribution in [0.1, 0.15) is 25.0 Å². The number of benzene rings is 8. The summed E-state index contributed by atoms with van der Waals surface area (Å²) < 4.78 is 0. The quantitative estimate of drug-likeness (QED) is 0.189. The zero-order valence-corrected chi connectivity index (χ0v) is 26.7. The fourth-order valence-electron chi connectivity index (χ4n) is 7.59. The lowest BCUT2D eigenvalue weighted by Gasteiger charge is -2.23. The average Bonchev–Trinajstić information content (AvgIpc) is 3.36. The molecular formula is C47H34. The molecule has 0 radical (unpaired) electrons.